The molecule has 0 heterocycles. The molecule has 19 heavy (non-hydrogen) atoms. The highest BCUT2D eigenvalue weighted by Crippen LogP contribution is 2.36. The molecular formula is C17H26ClN. The molecule has 0 bridgehead atoms. The number of rotatable bonds is 5. The van der Waals surface area contributed by atoms with Gasteiger partial charge in [-0.2, -0.15) is 0 Å². The van der Waals surface area contributed by atoms with Gasteiger partial charge in [0.2, 0.25) is 0 Å². The molecule has 0 aliphatic heterocycles. The average molecular weight is 280 g/mol. The number of hydrogen-bond donors (Lipinski definition) is 1. The summed E-state index contributed by atoms with van der Waals surface area (Å²) in [6, 6.07) is 8.53. The Balaban J connectivity index is 2.05. The number of hydrogen-bond acceptors (Lipinski definition) is 1. The van der Waals surface area contributed by atoms with Crippen LogP contribution in [0.1, 0.15) is 56.9 Å². The van der Waals surface area contributed by atoms with E-state index in [0.29, 0.717) is 5.92 Å². The lowest BCUT2D eigenvalue weighted by atomic mass is 9.82. The van der Waals surface area contributed by atoms with Gasteiger partial charge in [0.05, 0.1) is 0 Å². The summed E-state index contributed by atoms with van der Waals surface area (Å²) in [7, 11) is 0. The molecule has 0 aromatic heterocycles. The molecule has 1 saturated carbocycles. The largest absolute Gasteiger partial charge is 0.316 e. The van der Waals surface area contributed by atoms with E-state index in [2.05, 4.69) is 24.4 Å². The molecule has 0 spiro atoms. The quantitative estimate of drug-likeness (QED) is 0.590. The zero-order valence-electron chi connectivity index (χ0n) is 12.0. The zero-order valence-corrected chi connectivity index (χ0v) is 12.8. The number of nitrogens with one attached hydrogen (secondary N) is 1. The van der Waals surface area contributed by atoms with E-state index >= 15 is 0 Å². The van der Waals surface area contributed by atoms with Crippen molar-refractivity contribution in [3.05, 3.63) is 34.9 Å². The maximum atomic E-state index is 6.01. The Labute approximate surface area is 122 Å². The van der Waals surface area contributed by atoms with Crippen LogP contribution in [0.3, 0.4) is 0 Å². The van der Waals surface area contributed by atoms with E-state index in [9.17, 15) is 0 Å². The fraction of sp³-hybridized carbons (Fsp3) is 0.647. The smallest absolute Gasteiger partial charge is 0.0406 e. The lowest BCUT2D eigenvalue weighted by Crippen LogP contribution is -2.27. The normalized spacial score (nSPS) is 24.1. The molecule has 2 heteroatoms. The van der Waals surface area contributed by atoms with Gasteiger partial charge in [-0.3, -0.25) is 0 Å². The van der Waals surface area contributed by atoms with E-state index in [1.165, 1.54) is 50.6 Å². The fourth-order valence-corrected chi connectivity index (χ4v) is 3.37. The van der Waals surface area contributed by atoms with Crippen LogP contribution in [0.5, 0.6) is 0 Å². The second-order valence-corrected chi connectivity index (χ2v) is 6.20. The molecule has 2 atom stereocenters. The third-order valence-corrected chi connectivity index (χ3v) is 4.54. The Morgan fingerprint density at radius 3 is 2.58 bits per heavy atom. The standard InChI is InChI=1S/C17H26ClN/c1-2-12-19-13-15-6-4-3-5-7-17(15)14-8-10-16(18)11-9-14/h8-11,15,17,19H,2-7,12-13H2,1H3. The summed E-state index contributed by atoms with van der Waals surface area (Å²) in [5.74, 6) is 1.50. The minimum atomic E-state index is 0.712. The van der Waals surface area contributed by atoms with E-state index in [4.69, 9.17) is 11.6 Å². The summed E-state index contributed by atoms with van der Waals surface area (Å²) >= 11 is 6.01. The summed E-state index contributed by atoms with van der Waals surface area (Å²) in [6.07, 6.45) is 8.08. The molecule has 1 aromatic rings. The summed E-state index contributed by atoms with van der Waals surface area (Å²) < 4.78 is 0. The van der Waals surface area contributed by atoms with Gasteiger partial charge in [-0.15, -0.1) is 0 Å². The monoisotopic (exact) mass is 279 g/mol. The van der Waals surface area contributed by atoms with Crippen LogP contribution in [0.2, 0.25) is 5.02 Å². The summed E-state index contributed by atoms with van der Waals surface area (Å²) in [5, 5.41) is 4.46. The first-order chi connectivity index (χ1) is 9.31. The Morgan fingerprint density at radius 2 is 1.84 bits per heavy atom. The molecule has 0 saturated heterocycles. The predicted octanol–water partition coefficient (Wildman–Crippen LogP) is 5.00. The van der Waals surface area contributed by atoms with Crippen molar-refractivity contribution in [1.82, 2.24) is 5.32 Å². The number of halogens is 1. The van der Waals surface area contributed by atoms with E-state index < -0.39 is 0 Å². The number of benzene rings is 1. The summed E-state index contributed by atoms with van der Waals surface area (Å²) in [4.78, 5) is 0. The predicted molar refractivity (Wildman–Crippen MR) is 83.9 cm³/mol. The molecule has 2 unspecified atom stereocenters. The Morgan fingerprint density at radius 1 is 1.11 bits per heavy atom. The van der Waals surface area contributed by atoms with Crippen LogP contribution >= 0.6 is 11.6 Å². The van der Waals surface area contributed by atoms with Crippen molar-refractivity contribution < 1.29 is 0 Å². The van der Waals surface area contributed by atoms with Crippen LogP contribution in [-0.4, -0.2) is 13.1 Å². The highest BCUT2D eigenvalue weighted by molar-refractivity contribution is 6.30. The zero-order chi connectivity index (χ0) is 13.5. The summed E-state index contributed by atoms with van der Waals surface area (Å²) in [5.41, 5.74) is 1.48. The maximum Gasteiger partial charge on any atom is 0.0406 e. The Hall–Kier alpha value is -0.530. The van der Waals surface area contributed by atoms with Gasteiger partial charge < -0.3 is 5.32 Å². The lowest BCUT2D eigenvalue weighted by Gasteiger charge is -2.26. The van der Waals surface area contributed by atoms with Gasteiger partial charge in [-0.1, -0.05) is 49.9 Å². The molecule has 1 aromatic carbocycles. The first kappa shape index (κ1) is 14.9. The Bertz CT molecular complexity index is 360. The van der Waals surface area contributed by atoms with Crippen LogP contribution in [0.4, 0.5) is 0 Å². The lowest BCUT2D eigenvalue weighted by molar-refractivity contribution is 0.376. The van der Waals surface area contributed by atoms with Crippen LogP contribution in [0.15, 0.2) is 24.3 Å². The second kappa shape index (κ2) is 7.91. The van der Waals surface area contributed by atoms with Gasteiger partial charge in [-0.05, 0) is 61.9 Å². The molecule has 1 fully saturated rings. The van der Waals surface area contributed by atoms with Crippen molar-refractivity contribution in [1.29, 1.82) is 0 Å². The van der Waals surface area contributed by atoms with Gasteiger partial charge in [0.1, 0.15) is 0 Å². The van der Waals surface area contributed by atoms with Gasteiger partial charge in [0.25, 0.3) is 0 Å². The molecule has 2 rings (SSSR count). The molecule has 1 aliphatic carbocycles. The SMILES string of the molecule is CCCNCC1CCCCCC1c1ccc(Cl)cc1. The molecule has 106 valence electrons. The first-order valence-corrected chi connectivity index (χ1v) is 8.15. The van der Waals surface area contributed by atoms with Crippen molar-refractivity contribution >= 4 is 11.6 Å². The molecule has 1 aliphatic rings. The fourth-order valence-electron chi connectivity index (χ4n) is 3.24. The van der Waals surface area contributed by atoms with Crippen molar-refractivity contribution in [2.24, 2.45) is 5.92 Å². The van der Waals surface area contributed by atoms with Gasteiger partial charge in [0, 0.05) is 5.02 Å². The molecule has 0 amide bonds. The van der Waals surface area contributed by atoms with Crippen LogP contribution in [0, 0.1) is 5.92 Å². The molecular weight excluding hydrogens is 254 g/mol. The van der Waals surface area contributed by atoms with Crippen molar-refractivity contribution in [2.75, 3.05) is 13.1 Å². The van der Waals surface area contributed by atoms with Crippen LogP contribution < -0.4 is 5.32 Å². The first-order valence-electron chi connectivity index (χ1n) is 7.77. The van der Waals surface area contributed by atoms with Crippen molar-refractivity contribution in [3.63, 3.8) is 0 Å². The van der Waals surface area contributed by atoms with Crippen molar-refractivity contribution in [2.45, 2.75) is 51.4 Å². The van der Waals surface area contributed by atoms with E-state index in [1.54, 1.807) is 0 Å². The third-order valence-electron chi connectivity index (χ3n) is 4.29. The van der Waals surface area contributed by atoms with Gasteiger partial charge >= 0.3 is 0 Å². The van der Waals surface area contributed by atoms with Gasteiger partial charge in [0.15, 0.2) is 0 Å². The second-order valence-electron chi connectivity index (χ2n) is 5.76. The molecule has 1 N–H and O–H groups in total. The highest BCUT2D eigenvalue weighted by Gasteiger charge is 2.24. The maximum absolute atomic E-state index is 6.01. The van der Waals surface area contributed by atoms with Crippen molar-refractivity contribution in [3.8, 4) is 0 Å². The van der Waals surface area contributed by atoms with Crippen LogP contribution in [0.25, 0.3) is 0 Å². The molecule has 1 nitrogen and oxygen atoms in total. The summed E-state index contributed by atoms with van der Waals surface area (Å²) in [6.45, 7) is 4.54. The highest BCUT2D eigenvalue weighted by atomic mass is 35.5. The topological polar surface area (TPSA) is 12.0 Å². The van der Waals surface area contributed by atoms with Crippen LogP contribution in [-0.2, 0) is 0 Å². The third kappa shape index (κ3) is 4.50. The minimum Gasteiger partial charge on any atom is -0.316 e. The minimum absolute atomic E-state index is 0.712. The van der Waals surface area contributed by atoms with E-state index in [1.807, 2.05) is 12.1 Å². The molecule has 0 radical (unpaired) electrons. The Kier molecular flexibility index (Phi) is 6.19. The van der Waals surface area contributed by atoms with Gasteiger partial charge in [-0.25, -0.2) is 0 Å². The average Bonchev–Trinajstić information content (AvgIpc) is 2.66. The van der Waals surface area contributed by atoms with E-state index in [0.717, 1.165) is 17.5 Å². The van der Waals surface area contributed by atoms with E-state index in [-0.39, 0.29) is 0 Å².